The minimum absolute atomic E-state index is 0.182. The summed E-state index contributed by atoms with van der Waals surface area (Å²) in [6.07, 6.45) is 1.66. The van der Waals surface area contributed by atoms with Crippen LogP contribution in [0.1, 0.15) is 11.1 Å². The van der Waals surface area contributed by atoms with E-state index in [9.17, 15) is 8.42 Å². The first kappa shape index (κ1) is 17.8. The van der Waals surface area contributed by atoms with Crippen molar-refractivity contribution in [2.24, 2.45) is 0 Å². The van der Waals surface area contributed by atoms with Crippen molar-refractivity contribution < 1.29 is 8.42 Å². The highest BCUT2D eigenvalue weighted by molar-refractivity contribution is 7.92. The second-order valence-electron chi connectivity index (χ2n) is 5.52. The molecule has 0 atom stereocenters. The number of nitrogens with zero attached hydrogens (tertiary/aromatic N) is 2. The molecular formula is C17H15Cl2N3O2S. The normalized spacial score (nSPS) is 11.5. The summed E-state index contributed by atoms with van der Waals surface area (Å²) in [5.74, 6) is 0.226. The molecule has 0 aliphatic rings. The fourth-order valence-corrected chi connectivity index (χ4v) is 3.78. The van der Waals surface area contributed by atoms with Crippen molar-refractivity contribution in [3.05, 3.63) is 75.9 Å². The third-order valence-electron chi connectivity index (χ3n) is 3.59. The van der Waals surface area contributed by atoms with Gasteiger partial charge >= 0.3 is 0 Å². The lowest BCUT2D eigenvalue weighted by atomic mass is 10.2. The first-order valence-electron chi connectivity index (χ1n) is 7.41. The minimum Gasteiger partial charge on any atom is -0.266 e. The topological polar surface area (TPSA) is 64.0 Å². The summed E-state index contributed by atoms with van der Waals surface area (Å²) in [7, 11) is -3.68. The van der Waals surface area contributed by atoms with Crippen LogP contribution in [-0.2, 0) is 16.6 Å². The molecule has 3 rings (SSSR count). The first-order chi connectivity index (χ1) is 11.8. The summed E-state index contributed by atoms with van der Waals surface area (Å²) >= 11 is 12.3. The number of sulfonamides is 1. The van der Waals surface area contributed by atoms with Gasteiger partial charge in [-0.05, 0) is 31.2 Å². The van der Waals surface area contributed by atoms with E-state index in [4.69, 9.17) is 23.2 Å². The molecule has 0 unspecified atom stereocenters. The van der Waals surface area contributed by atoms with Crippen molar-refractivity contribution in [1.29, 1.82) is 0 Å². The predicted molar refractivity (Wildman–Crippen MR) is 99.8 cm³/mol. The fraction of sp³-hybridized carbons (Fsp3) is 0.118. The zero-order valence-electron chi connectivity index (χ0n) is 13.3. The maximum absolute atomic E-state index is 12.4. The average molecular weight is 396 g/mol. The third kappa shape index (κ3) is 4.15. The Kier molecular flexibility index (Phi) is 5.03. The van der Waals surface area contributed by atoms with Gasteiger partial charge in [-0.3, -0.25) is 9.40 Å². The molecule has 2 aromatic carbocycles. The molecular weight excluding hydrogens is 381 g/mol. The van der Waals surface area contributed by atoms with Gasteiger partial charge in [-0.25, -0.2) is 8.42 Å². The highest BCUT2D eigenvalue weighted by atomic mass is 35.5. The fourth-order valence-electron chi connectivity index (χ4n) is 2.26. The summed E-state index contributed by atoms with van der Waals surface area (Å²) in [4.78, 5) is 0.182. The highest BCUT2D eigenvalue weighted by Crippen LogP contribution is 2.25. The van der Waals surface area contributed by atoms with E-state index in [1.807, 2.05) is 6.92 Å². The van der Waals surface area contributed by atoms with Gasteiger partial charge in [-0.1, -0.05) is 47.0 Å². The monoisotopic (exact) mass is 395 g/mol. The van der Waals surface area contributed by atoms with E-state index in [-0.39, 0.29) is 10.7 Å². The Morgan fingerprint density at radius 3 is 2.32 bits per heavy atom. The van der Waals surface area contributed by atoms with Gasteiger partial charge in [0, 0.05) is 27.9 Å². The molecule has 1 N–H and O–H groups in total. The second-order valence-corrected chi connectivity index (χ2v) is 8.01. The second kappa shape index (κ2) is 7.07. The zero-order valence-corrected chi connectivity index (χ0v) is 15.6. The van der Waals surface area contributed by atoms with Crippen LogP contribution in [0.15, 0.2) is 59.6 Å². The number of halogens is 2. The van der Waals surface area contributed by atoms with Gasteiger partial charge in [0.2, 0.25) is 0 Å². The van der Waals surface area contributed by atoms with Gasteiger partial charge < -0.3 is 0 Å². The van der Waals surface area contributed by atoms with Crippen LogP contribution in [0.4, 0.5) is 5.82 Å². The summed E-state index contributed by atoms with van der Waals surface area (Å²) in [6.45, 7) is 2.23. The molecule has 0 spiro atoms. The van der Waals surface area contributed by atoms with E-state index in [2.05, 4.69) is 9.82 Å². The molecule has 130 valence electrons. The largest absolute Gasteiger partial charge is 0.266 e. The quantitative estimate of drug-likeness (QED) is 0.698. The lowest BCUT2D eigenvalue weighted by Crippen LogP contribution is -2.13. The SMILES string of the molecule is Cc1ccc(S(=O)(=O)Nc2ccn(Cc3c(Cl)cccc3Cl)n2)cc1. The Morgan fingerprint density at radius 1 is 1.04 bits per heavy atom. The molecule has 0 aliphatic heterocycles. The number of nitrogens with one attached hydrogen (secondary N) is 1. The predicted octanol–water partition coefficient (Wildman–Crippen LogP) is 4.35. The number of aromatic nitrogens is 2. The molecule has 8 heteroatoms. The zero-order chi connectivity index (χ0) is 18.0. The molecule has 0 saturated carbocycles. The summed E-state index contributed by atoms with van der Waals surface area (Å²) in [5.41, 5.74) is 1.71. The molecule has 25 heavy (non-hydrogen) atoms. The Balaban J connectivity index is 1.79. The van der Waals surface area contributed by atoms with E-state index < -0.39 is 10.0 Å². The molecule has 0 fully saturated rings. The van der Waals surface area contributed by atoms with E-state index in [1.165, 1.54) is 0 Å². The Hall–Kier alpha value is -2.02. The maximum Gasteiger partial charge on any atom is 0.263 e. The van der Waals surface area contributed by atoms with E-state index in [1.54, 1.807) is 59.4 Å². The number of anilines is 1. The van der Waals surface area contributed by atoms with E-state index in [0.717, 1.165) is 11.1 Å². The van der Waals surface area contributed by atoms with Crippen molar-refractivity contribution in [3.8, 4) is 0 Å². The molecule has 0 saturated heterocycles. The Morgan fingerprint density at radius 2 is 1.68 bits per heavy atom. The van der Waals surface area contributed by atoms with Crippen molar-refractivity contribution in [2.75, 3.05) is 4.72 Å². The first-order valence-corrected chi connectivity index (χ1v) is 9.65. The van der Waals surface area contributed by atoms with Crippen LogP contribution in [0, 0.1) is 6.92 Å². The lowest BCUT2D eigenvalue weighted by Gasteiger charge is -2.08. The van der Waals surface area contributed by atoms with Gasteiger partial charge in [0.25, 0.3) is 10.0 Å². The molecule has 1 heterocycles. The summed E-state index contributed by atoms with van der Waals surface area (Å²) in [5, 5.41) is 5.29. The molecule has 0 amide bonds. The molecule has 5 nitrogen and oxygen atoms in total. The molecule has 0 bridgehead atoms. The van der Waals surface area contributed by atoms with Crippen molar-refractivity contribution in [3.63, 3.8) is 0 Å². The Labute approximate surface area is 156 Å². The minimum atomic E-state index is -3.68. The number of aryl methyl sites for hydroxylation is 1. The highest BCUT2D eigenvalue weighted by Gasteiger charge is 2.15. The van der Waals surface area contributed by atoms with Crippen LogP contribution < -0.4 is 4.72 Å². The van der Waals surface area contributed by atoms with Gasteiger partial charge in [0.05, 0.1) is 11.4 Å². The lowest BCUT2D eigenvalue weighted by molar-refractivity contribution is 0.600. The standard InChI is InChI=1S/C17H15Cl2N3O2S/c1-12-5-7-13(8-6-12)25(23,24)21-17-9-10-22(20-17)11-14-15(18)3-2-4-16(14)19/h2-10H,11H2,1H3,(H,20,21). The van der Waals surface area contributed by atoms with Gasteiger partial charge in [0.15, 0.2) is 5.82 Å². The maximum atomic E-state index is 12.4. The third-order valence-corrected chi connectivity index (χ3v) is 5.67. The average Bonchev–Trinajstić information content (AvgIpc) is 2.98. The Bertz CT molecular complexity index is 979. The number of hydrogen-bond acceptors (Lipinski definition) is 3. The van der Waals surface area contributed by atoms with Gasteiger partial charge in [-0.15, -0.1) is 0 Å². The van der Waals surface area contributed by atoms with Crippen molar-refractivity contribution >= 4 is 39.0 Å². The number of benzene rings is 2. The van der Waals surface area contributed by atoms with Crippen molar-refractivity contribution in [1.82, 2.24) is 9.78 Å². The van der Waals surface area contributed by atoms with Crippen LogP contribution >= 0.6 is 23.2 Å². The number of hydrogen-bond donors (Lipinski definition) is 1. The molecule has 0 aliphatic carbocycles. The van der Waals surface area contributed by atoms with Crippen LogP contribution in [-0.4, -0.2) is 18.2 Å². The molecule has 0 radical (unpaired) electrons. The van der Waals surface area contributed by atoms with E-state index in [0.29, 0.717) is 16.6 Å². The van der Waals surface area contributed by atoms with Crippen molar-refractivity contribution in [2.45, 2.75) is 18.4 Å². The molecule has 1 aromatic heterocycles. The summed E-state index contributed by atoms with van der Waals surface area (Å²) < 4.78 is 28.8. The smallest absolute Gasteiger partial charge is 0.263 e. The van der Waals surface area contributed by atoms with Gasteiger partial charge in [0.1, 0.15) is 0 Å². The van der Waals surface area contributed by atoms with Crippen LogP contribution in [0.25, 0.3) is 0 Å². The van der Waals surface area contributed by atoms with Crippen LogP contribution in [0.2, 0.25) is 10.0 Å². The summed E-state index contributed by atoms with van der Waals surface area (Å²) in [6, 6.07) is 13.4. The molecule has 3 aromatic rings. The number of rotatable bonds is 5. The van der Waals surface area contributed by atoms with Crippen LogP contribution in [0.3, 0.4) is 0 Å². The van der Waals surface area contributed by atoms with E-state index >= 15 is 0 Å². The van der Waals surface area contributed by atoms with Crippen LogP contribution in [0.5, 0.6) is 0 Å². The van der Waals surface area contributed by atoms with Gasteiger partial charge in [-0.2, -0.15) is 5.10 Å².